The summed E-state index contributed by atoms with van der Waals surface area (Å²) in [6, 6.07) is 2.41. The highest BCUT2D eigenvalue weighted by Gasteiger charge is 2.28. The molecule has 1 fully saturated rings. The fraction of sp³-hybridized carbons (Fsp3) is 0.364. The number of benzene rings is 1. The molecule has 0 amide bonds. The van der Waals surface area contributed by atoms with Gasteiger partial charge in [-0.2, -0.15) is 0 Å². The molecule has 15 heavy (non-hydrogen) atoms. The Morgan fingerprint density at radius 1 is 1.27 bits per heavy atom. The predicted octanol–water partition coefficient (Wildman–Crippen LogP) is 4.12. The van der Waals surface area contributed by atoms with Crippen LogP contribution < -0.4 is 0 Å². The first kappa shape index (κ1) is 10.9. The van der Waals surface area contributed by atoms with Gasteiger partial charge < -0.3 is 0 Å². The molecule has 2 rings (SSSR count). The number of halogens is 3. The van der Waals surface area contributed by atoms with E-state index in [2.05, 4.69) is 0 Å². The second-order valence-corrected chi connectivity index (χ2v) is 4.55. The minimum atomic E-state index is -0.594. The highest BCUT2D eigenvalue weighted by molar-refractivity contribution is 6.37. The highest BCUT2D eigenvalue weighted by Crippen LogP contribution is 2.33. The quantitative estimate of drug-likeness (QED) is 0.567. The van der Waals surface area contributed by atoms with Crippen molar-refractivity contribution in [3.8, 4) is 0 Å². The molecule has 0 radical (unpaired) electrons. The normalized spacial score (nSPS) is 16.2. The maximum atomic E-state index is 13.2. The number of ketones is 1. The van der Waals surface area contributed by atoms with Crippen molar-refractivity contribution in [1.29, 1.82) is 0 Å². The third kappa shape index (κ3) is 2.01. The van der Waals surface area contributed by atoms with Crippen LogP contribution in [0.3, 0.4) is 0 Å². The van der Waals surface area contributed by atoms with Crippen LogP contribution >= 0.6 is 23.2 Å². The fourth-order valence-electron chi connectivity index (χ4n) is 1.60. The van der Waals surface area contributed by atoms with Crippen molar-refractivity contribution in [2.24, 2.45) is 5.92 Å². The third-order valence-electron chi connectivity index (χ3n) is 2.75. The molecule has 0 atom stereocenters. The molecule has 1 aliphatic rings. The average molecular weight is 247 g/mol. The summed E-state index contributed by atoms with van der Waals surface area (Å²) in [5.74, 6) is -0.645. The average Bonchev–Trinajstić information content (AvgIpc) is 2.08. The summed E-state index contributed by atoms with van der Waals surface area (Å²) in [4.78, 5) is 11.8. The summed E-state index contributed by atoms with van der Waals surface area (Å²) in [5, 5.41) is 0.184. The first-order chi connectivity index (χ1) is 7.09. The Morgan fingerprint density at radius 2 is 1.93 bits per heavy atom. The summed E-state index contributed by atoms with van der Waals surface area (Å²) in [7, 11) is 0. The molecule has 0 spiro atoms. The van der Waals surface area contributed by atoms with Crippen molar-refractivity contribution in [2.75, 3.05) is 0 Å². The molecule has 0 unspecified atom stereocenters. The van der Waals surface area contributed by atoms with E-state index in [1.54, 1.807) is 0 Å². The van der Waals surface area contributed by atoms with Gasteiger partial charge in [0.25, 0.3) is 0 Å². The van der Waals surface area contributed by atoms with Gasteiger partial charge in [-0.3, -0.25) is 4.79 Å². The minimum Gasteiger partial charge on any atom is -0.294 e. The molecule has 0 N–H and O–H groups in total. The minimum absolute atomic E-state index is 0.0167. The maximum absolute atomic E-state index is 13.2. The molecule has 1 nitrogen and oxygen atoms in total. The molecule has 0 aliphatic heterocycles. The van der Waals surface area contributed by atoms with Crippen molar-refractivity contribution in [3.05, 3.63) is 33.6 Å². The Labute approximate surface area is 97.2 Å². The van der Waals surface area contributed by atoms with Crippen LogP contribution in [0.25, 0.3) is 0 Å². The molecule has 4 heteroatoms. The number of hydrogen-bond acceptors (Lipinski definition) is 1. The van der Waals surface area contributed by atoms with Crippen molar-refractivity contribution < 1.29 is 9.18 Å². The first-order valence-electron chi connectivity index (χ1n) is 4.78. The number of carbonyl (C=O) groups excluding carboxylic acids is 1. The van der Waals surface area contributed by atoms with E-state index in [1.165, 1.54) is 6.07 Å². The zero-order chi connectivity index (χ0) is 11.0. The van der Waals surface area contributed by atoms with Crippen molar-refractivity contribution in [3.63, 3.8) is 0 Å². The van der Waals surface area contributed by atoms with E-state index in [4.69, 9.17) is 23.2 Å². The Balaban J connectivity index is 2.34. The van der Waals surface area contributed by atoms with Crippen LogP contribution in [0.1, 0.15) is 29.6 Å². The topological polar surface area (TPSA) is 17.1 Å². The number of rotatable bonds is 2. The van der Waals surface area contributed by atoms with Crippen LogP contribution in [0.2, 0.25) is 10.0 Å². The first-order valence-corrected chi connectivity index (χ1v) is 5.54. The Bertz CT molecular complexity index is 413. The van der Waals surface area contributed by atoms with Crippen LogP contribution in [0.4, 0.5) is 4.39 Å². The van der Waals surface area contributed by atoms with Gasteiger partial charge in [-0.05, 0) is 25.0 Å². The lowest BCUT2D eigenvalue weighted by atomic mass is 9.80. The zero-order valence-electron chi connectivity index (χ0n) is 7.90. The monoisotopic (exact) mass is 246 g/mol. The van der Waals surface area contributed by atoms with Gasteiger partial charge in [0.1, 0.15) is 5.82 Å². The molecular formula is C11H9Cl2FO. The third-order valence-corrected chi connectivity index (χ3v) is 3.35. The molecule has 1 saturated carbocycles. The van der Waals surface area contributed by atoms with Crippen LogP contribution in [0, 0.1) is 11.7 Å². The lowest BCUT2D eigenvalue weighted by molar-refractivity contribution is 0.0855. The zero-order valence-corrected chi connectivity index (χ0v) is 9.41. The summed E-state index contributed by atoms with van der Waals surface area (Å²) in [6.07, 6.45) is 2.81. The van der Waals surface area contributed by atoms with E-state index in [9.17, 15) is 9.18 Å². The van der Waals surface area contributed by atoms with Gasteiger partial charge in [0.2, 0.25) is 0 Å². The lowest BCUT2D eigenvalue weighted by Gasteiger charge is -2.24. The molecule has 1 aromatic carbocycles. The van der Waals surface area contributed by atoms with Crippen LogP contribution in [-0.2, 0) is 0 Å². The molecule has 80 valence electrons. The SMILES string of the molecule is O=C(c1cc(F)c(Cl)cc1Cl)C1CCC1. The molecule has 1 aromatic rings. The van der Waals surface area contributed by atoms with E-state index >= 15 is 0 Å². The van der Waals surface area contributed by atoms with Crippen LogP contribution in [0.15, 0.2) is 12.1 Å². The van der Waals surface area contributed by atoms with Crippen molar-refractivity contribution in [1.82, 2.24) is 0 Å². The molecular weight excluding hydrogens is 238 g/mol. The van der Waals surface area contributed by atoms with E-state index in [-0.39, 0.29) is 27.3 Å². The number of carbonyl (C=O) groups is 1. The van der Waals surface area contributed by atoms with Gasteiger partial charge in [0.15, 0.2) is 5.78 Å². The van der Waals surface area contributed by atoms with E-state index < -0.39 is 5.82 Å². The van der Waals surface area contributed by atoms with Crippen molar-refractivity contribution >= 4 is 29.0 Å². The molecule has 0 heterocycles. The lowest BCUT2D eigenvalue weighted by Crippen LogP contribution is -2.22. The summed E-state index contributed by atoms with van der Waals surface area (Å²) < 4.78 is 13.2. The van der Waals surface area contributed by atoms with E-state index in [1.807, 2.05) is 0 Å². The predicted molar refractivity (Wildman–Crippen MR) is 58.1 cm³/mol. The van der Waals surface area contributed by atoms with Crippen molar-refractivity contribution in [2.45, 2.75) is 19.3 Å². The molecule has 0 saturated heterocycles. The van der Waals surface area contributed by atoms with Crippen LogP contribution in [-0.4, -0.2) is 5.78 Å². The Morgan fingerprint density at radius 3 is 2.47 bits per heavy atom. The maximum Gasteiger partial charge on any atom is 0.167 e. The van der Waals surface area contributed by atoms with E-state index in [0.29, 0.717) is 0 Å². The van der Waals surface area contributed by atoms with Crippen LogP contribution in [0.5, 0.6) is 0 Å². The highest BCUT2D eigenvalue weighted by atomic mass is 35.5. The largest absolute Gasteiger partial charge is 0.294 e. The second kappa shape index (κ2) is 4.11. The Kier molecular flexibility index (Phi) is 2.98. The van der Waals surface area contributed by atoms with Gasteiger partial charge in [0.05, 0.1) is 10.0 Å². The summed E-state index contributed by atoms with van der Waals surface area (Å²) >= 11 is 11.4. The van der Waals surface area contributed by atoms with Gasteiger partial charge in [-0.25, -0.2) is 4.39 Å². The van der Waals surface area contributed by atoms with Gasteiger partial charge >= 0.3 is 0 Å². The van der Waals surface area contributed by atoms with E-state index in [0.717, 1.165) is 25.3 Å². The smallest absolute Gasteiger partial charge is 0.167 e. The van der Waals surface area contributed by atoms with Gasteiger partial charge in [-0.1, -0.05) is 29.6 Å². The second-order valence-electron chi connectivity index (χ2n) is 3.74. The van der Waals surface area contributed by atoms with Gasteiger partial charge in [-0.15, -0.1) is 0 Å². The Hall–Kier alpha value is -0.600. The molecule has 0 bridgehead atoms. The molecule has 0 aromatic heterocycles. The molecule has 1 aliphatic carbocycles. The fourth-order valence-corrected chi connectivity index (χ4v) is 2.08. The summed E-state index contributed by atoms with van der Waals surface area (Å²) in [5.41, 5.74) is 0.253. The summed E-state index contributed by atoms with van der Waals surface area (Å²) in [6.45, 7) is 0. The van der Waals surface area contributed by atoms with Gasteiger partial charge in [0, 0.05) is 11.5 Å². The number of Topliss-reactive ketones (excluding diaryl/α,β-unsaturated/α-hetero) is 1. The number of hydrogen-bond donors (Lipinski definition) is 0. The standard InChI is InChI=1S/C11H9Cl2FO/c12-8-5-9(13)10(14)4-7(8)11(15)6-2-1-3-6/h4-6H,1-3H2.